The number of carbonyl (C=O) groups is 1. The minimum Gasteiger partial charge on any atom is -0.394 e. The molecule has 0 aliphatic heterocycles. The third-order valence-electron chi connectivity index (χ3n) is 3.89. The van der Waals surface area contributed by atoms with Crippen molar-refractivity contribution in [3.63, 3.8) is 0 Å². The molecule has 0 aromatic heterocycles. The van der Waals surface area contributed by atoms with Gasteiger partial charge < -0.3 is 15.7 Å². The van der Waals surface area contributed by atoms with E-state index in [2.05, 4.69) is 29.7 Å². The molecular weight excluding hydrogens is 276 g/mol. The van der Waals surface area contributed by atoms with Crippen molar-refractivity contribution >= 4 is 11.6 Å². The fraction of sp³-hybridized carbons (Fsp3) is 0.611. The van der Waals surface area contributed by atoms with Gasteiger partial charge in [0, 0.05) is 5.69 Å². The minimum absolute atomic E-state index is 0.210. The number of aliphatic hydroxyl groups excluding tert-OH is 1. The van der Waals surface area contributed by atoms with E-state index >= 15 is 0 Å². The molecule has 124 valence electrons. The molecule has 22 heavy (non-hydrogen) atoms. The quantitative estimate of drug-likeness (QED) is 0.551. The summed E-state index contributed by atoms with van der Waals surface area (Å²) in [7, 11) is 1.66. The van der Waals surface area contributed by atoms with Crippen LogP contribution in [-0.4, -0.2) is 30.7 Å². The first kappa shape index (κ1) is 18.7. The van der Waals surface area contributed by atoms with E-state index < -0.39 is 6.04 Å². The Hall–Kier alpha value is -1.39. The maximum Gasteiger partial charge on any atom is 0.243 e. The van der Waals surface area contributed by atoms with Crippen molar-refractivity contribution in [2.75, 3.05) is 19.0 Å². The zero-order chi connectivity index (χ0) is 16.2. The molecule has 1 rings (SSSR count). The molecule has 0 saturated carbocycles. The minimum atomic E-state index is -0.567. The number of carbonyl (C=O) groups excluding carboxylic acids is 1. The number of aryl methyl sites for hydroxylation is 1. The summed E-state index contributed by atoms with van der Waals surface area (Å²) in [5.74, 6) is -0.214. The second-order valence-electron chi connectivity index (χ2n) is 5.73. The Kier molecular flexibility index (Phi) is 9.51. The molecule has 4 heteroatoms. The zero-order valence-electron chi connectivity index (χ0n) is 13.9. The molecule has 0 spiro atoms. The van der Waals surface area contributed by atoms with Gasteiger partial charge in [-0.15, -0.1) is 0 Å². The van der Waals surface area contributed by atoms with Gasteiger partial charge >= 0.3 is 0 Å². The van der Waals surface area contributed by atoms with Crippen molar-refractivity contribution in [3.05, 3.63) is 29.8 Å². The highest BCUT2D eigenvalue weighted by molar-refractivity contribution is 5.94. The van der Waals surface area contributed by atoms with E-state index in [9.17, 15) is 4.79 Å². The van der Waals surface area contributed by atoms with E-state index in [1.165, 1.54) is 44.1 Å². The largest absolute Gasteiger partial charge is 0.394 e. The summed E-state index contributed by atoms with van der Waals surface area (Å²) < 4.78 is 0. The van der Waals surface area contributed by atoms with Crippen LogP contribution >= 0.6 is 0 Å². The SMILES string of the molecule is CCCCCCCCc1ccc(NC(=O)C(CO)NC)cc1. The number of nitrogens with one attached hydrogen (secondary N) is 2. The van der Waals surface area contributed by atoms with Gasteiger partial charge in [0.25, 0.3) is 0 Å². The predicted molar refractivity (Wildman–Crippen MR) is 92.1 cm³/mol. The van der Waals surface area contributed by atoms with E-state index in [0.717, 1.165) is 12.1 Å². The van der Waals surface area contributed by atoms with Crippen LogP contribution < -0.4 is 10.6 Å². The van der Waals surface area contributed by atoms with Crippen molar-refractivity contribution in [2.45, 2.75) is 57.9 Å². The van der Waals surface area contributed by atoms with Crippen molar-refractivity contribution in [2.24, 2.45) is 0 Å². The number of hydrogen-bond donors (Lipinski definition) is 3. The summed E-state index contributed by atoms with van der Waals surface area (Å²) in [6, 6.07) is 7.41. The number of aliphatic hydroxyl groups is 1. The average molecular weight is 306 g/mol. The maximum atomic E-state index is 11.8. The topological polar surface area (TPSA) is 61.4 Å². The number of benzene rings is 1. The molecule has 0 aliphatic carbocycles. The Labute approximate surface area is 134 Å². The van der Waals surface area contributed by atoms with Crippen LogP contribution in [0, 0.1) is 0 Å². The van der Waals surface area contributed by atoms with Crippen LogP contribution in [0.2, 0.25) is 0 Å². The molecule has 0 bridgehead atoms. The van der Waals surface area contributed by atoms with Gasteiger partial charge in [-0.1, -0.05) is 51.2 Å². The van der Waals surface area contributed by atoms with Gasteiger partial charge in [-0.25, -0.2) is 0 Å². The van der Waals surface area contributed by atoms with Crippen molar-refractivity contribution < 1.29 is 9.90 Å². The summed E-state index contributed by atoms with van der Waals surface area (Å²) in [4.78, 5) is 11.8. The average Bonchev–Trinajstić information content (AvgIpc) is 2.53. The molecule has 0 aliphatic rings. The Balaban J connectivity index is 2.32. The molecule has 0 saturated heterocycles. The predicted octanol–water partition coefficient (Wildman–Crippen LogP) is 3.11. The standard InChI is InChI=1S/C18H30N2O2/c1-3-4-5-6-7-8-9-15-10-12-16(13-11-15)20-18(22)17(14-21)19-2/h10-13,17,19,21H,3-9,14H2,1-2H3,(H,20,22). The van der Waals surface area contributed by atoms with Crippen LogP contribution in [0.4, 0.5) is 5.69 Å². The van der Waals surface area contributed by atoms with Gasteiger partial charge in [0.05, 0.1) is 6.61 Å². The third-order valence-corrected chi connectivity index (χ3v) is 3.89. The summed E-state index contributed by atoms with van der Waals surface area (Å²) in [6.07, 6.45) is 8.91. The Morgan fingerprint density at radius 1 is 1.09 bits per heavy atom. The lowest BCUT2D eigenvalue weighted by molar-refractivity contribution is -0.118. The Morgan fingerprint density at radius 2 is 1.73 bits per heavy atom. The molecule has 1 aromatic rings. The summed E-state index contributed by atoms with van der Waals surface area (Å²) in [6.45, 7) is 2.03. The molecule has 1 amide bonds. The van der Waals surface area contributed by atoms with E-state index in [1.54, 1.807) is 7.05 Å². The Bertz CT molecular complexity index is 414. The molecule has 1 unspecified atom stereocenters. The van der Waals surface area contributed by atoms with Gasteiger partial charge in [0.1, 0.15) is 6.04 Å². The second-order valence-corrected chi connectivity index (χ2v) is 5.73. The summed E-state index contributed by atoms with van der Waals surface area (Å²) in [5, 5.41) is 14.6. The van der Waals surface area contributed by atoms with Crippen molar-refractivity contribution in [3.8, 4) is 0 Å². The first-order valence-electron chi connectivity index (χ1n) is 8.39. The fourth-order valence-corrected chi connectivity index (χ4v) is 2.40. The van der Waals surface area contributed by atoms with Gasteiger partial charge in [0.2, 0.25) is 5.91 Å². The van der Waals surface area contributed by atoms with Crippen LogP contribution in [0.15, 0.2) is 24.3 Å². The highest BCUT2D eigenvalue weighted by Gasteiger charge is 2.14. The lowest BCUT2D eigenvalue weighted by atomic mass is 10.0. The molecule has 4 nitrogen and oxygen atoms in total. The monoisotopic (exact) mass is 306 g/mol. The zero-order valence-corrected chi connectivity index (χ0v) is 13.9. The van der Waals surface area contributed by atoms with Crippen LogP contribution in [-0.2, 0) is 11.2 Å². The number of anilines is 1. The lowest BCUT2D eigenvalue weighted by Crippen LogP contribution is -2.41. The first-order valence-corrected chi connectivity index (χ1v) is 8.39. The fourth-order valence-electron chi connectivity index (χ4n) is 2.40. The van der Waals surface area contributed by atoms with Gasteiger partial charge in [0.15, 0.2) is 0 Å². The normalized spacial score (nSPS) is 12.1. The summed E-state index contributed by atoms with van der Waals surface area (Å²) >= 11 is 0. The number of hydrogen-bond acceptors (Lipinski definition) is 3. The number of unbranched alkanes of at least 4 members (excludes halogenated alkanes) is 5. The van der Waals surface area contributed by atoms with E-state index in [-0.39, 0.29) is 12.5 Å². The maximum absolute atomic E-state index is 11.8. The summed E-state index contributed by atoms with van der Waals surface area (Å²) in [5.41, 5.74) is 2.08. The molecular formula is C18H30N2O2. The van der Waals surface area contributed by atoms with E-state index in [0.29, 0.717) is 0 Å². The molecule has 0 radical (unpaired) electrons. The number of rotatable bonds is 11. The lowest BCUT2D eigenvalue weighted by Gasteiger charge is -2.13. The highest BCUT2D eigenvalue weighted by atomic mass is 16.3. The van der Waals surface area contributed by atoms with Crippen LogP contribution in [0.1, 0.15) is 51.0 Å². The number of likely N-dealkylation sites (N-methyl/N-ethyl adjacent to an activating group) is 1. The van der Waals surface area contributed by atoms with Gasteiger partial charge in [-0.3, -0.25) is 4.79 Å². The first-order chi connectivity index (χ1) is 10.7. The third kappa shape index (κ3) is 7.05. The van der Waals surface area contributed by atoms with Crippen LogP contribution in [0.5, 0.6) is 0 Å². The molecule has 1 aromatic carbocycles. The molecule has 1 atom stereocenters. The second kappa shape index (κ2) is 11.2. The van der Waals surface area contributed by atoms with Crippen molar-refractivity contribution in [1.82, 2.24) is 5.32 Å². The van der Waals surface area contributed by atoms with E-state index in [4.69, 9.17) is 5.11 Å². The van der Waals surface area contributed by atoms with Gasteiger partial charge in [-0.05, 0) is 37.6 Å². The Morgan fingerprint density at radius 3 is 2.32 bits per heavy atom. The van der Waals surface area contributed by atoms with Gasteiger partial charge in [-0.2, -0.15) is 0 Å². The van der Waals surface area contributed by atoms with Crippen LogP contribution in [0.25, 0.3) is 0 Å². The molecule has 3 N–H and O–H groups in total. The number of amides is 1. The van der Waals surface area contributed by atoms with E-state index in [1.807, 2.05) is 12.1 Å². The smallest absolute Gasteiger partial charge is 0.243 e. The van der Waals surface area contributed by atoms with Crippen molar-refractivity contribution in [1.29, 1.82) is 0 Å². The molecule has 0 heterocycles. The highest BCUT2D eigenvalue weighted by Crippen LogP contribution is 2.13. The van der Waals surface area contributed by atoms with Crippen LogP contribution in [0.3, 0.4) is 0 Å². The molecule has 0 fully saturated rings.